The van der Waals surface area contributed by atoms with Crippen molar-refractivity contribution >= 4 is 40.5 Å². The molecule has 0 radical (unpaired) electrons. The van der Waals surface area contributed by atoms with E-state index in [9.17, 15) is 22.8 Å². The lowest BCUT2D eigenvalue weighted by Gasteiger charge is -2.14. The van der Waals surface area contributed by atoms with Gasteiger partial charge in [-0.05, 0) is 37.3 Å². The third-order valence-corrected chi connectivity index (χ3v) is 4.10. The average molecular weight is 378 g/mol. The van der Waals surface area contributed by atoms with Crippen molar-refractivity contribution in [2.75, 3.05) is 5.32 Å². The maximum atomic E-state index is 12.6. The molecule has 24 heavy (non-hydrogen) atoms. The van der Waals surface area contributed by atoms with E-state index in [1.807, 2.05) is 0 Å². The summed E-state index contributed by atoms with van der Waals surface area (Å²) in [5.74, 6) is -1.48. The number of thiophene rings is 1. The first kappa shape index (κ1) is 18.3. The van der Waals surface area contributed by atoms with E-state index in [4.69, 9.17) is 16.3 Å². The molecule has 0 aliphatic rings. The number of halogens is 4. The fourth-order valence-electron chi connectivity index (χ4n) is 1.71. The molecule has 1 unspecified atom stereocenters. The second-order valence-electron chi connectivity index (χ2n) is 4.72. The highest BCUT2D eigenvalue weighted by atomic mass is 35.5. The molecule has 1 aromatic heterocycles. The molecule has 1 amide bonds. The number of benzene rings is 1. The normalized spacial score (nSPS) is 12.5. The van der Waals surface area contributed by atoms with Crippen LogP contribution in [0.3, 0.4) is 0 Å². The summed E-state index contributed by atoms with van der Waals surface area (Å²) >= 11 is 6.69. The molecule has 1 heterocycles. The number of amides is 1. The van der Waals surface area contributed by atoms with E-state index < -0.39 is 29.7 Å². The van der Waals surface area contributed by atoms with E-state index >= 15 is 0 Å². The second-order valence-corrected chi connectivity index (χ2v) is 6.43. The number of alkyl halides is 3. The topological polar surface area (TPSA) is 55.4 Å². The smallest absolute Gasteiger partial charge is 0.416 e. The van der Waals surface area contributed by atoms with E-state index in [1.54, 1.807) is 0 Å². The van der Waals surface area contributed by atoms with Crippen LogP contribution in [0.25, 0.3) is 0 Å². The van der Waals surface area contributed by atoms with Gasteiger partial charge in [0.25, 0.3) is 5.91 Å². The number of hydrogen-bond acceptors (Lipinski definition) is 4. The molecule has 0 bridgehead atoms. The van der Waals surface area contributed by atoms with Crippen LogP contribution in [0.4, 0.5) is 18.9 Å². The molecule has 0 fully saturated rings. The van der Waals surface area contributed by atoms with Crippen LogP contribution in [0.15, 0.2) is 36.4 Å². The Balaban J connectivity index is 2.00. The van der Waals surface area contributed by atoms with Gasteiger partial charge in [0.2, 0.25) is 0 Å². The van der Waals surface area contributed by atoms with Crippen LogP contribution < -0.4 is 5.32 Å². The molecule has 9 heteroatoms. The average Bonchev–Trinajstić information content (AvgIpc) is 2.93. The third kappa shape index (κ3) is 4.72. The van der Waals surface area contributed by atoms with Crippen molar-refractivity contribution in [2.45, 2.75) is 19.2 Å². The zero-order valence-electron chi connectivity index (χ0n) is 12.2. The maximum Gasteiger partial charge on any atom is 0.416 e. The first-order chi connectivity index (χ1) is 11.2. The predicted octanol–water partition coefficient (Wildman–Crippen LogP) is 4.60. The van der Waals surface area contributed by atoms with E-state index in [-0.39, 0.29) is 10.6 Å². The molecule has 0 spiro atoms. The summed E-state index contributed by atoms with van der Waals surface area (Å²) < 4.78 is 43.3. The summed E-state index contributed by atoms with van der Waals surface area (Å²) in [4.78, 5) is 24.0. The maximum absolute atomic E-state index is 12.6. The van der Waals surface area contributed by atoms with Gasteiger partial charge in [-0.1, -0.05) is 17.7 Å². The van der Waals surface area contributed by atoms with E-state index in [2.05, 4.69) is 5.32 Å². The van der Waals surface area contributed by atoms with Gasteiger partial charge >= 0.3 is 12.1 Å². The zero-order valence-corrected chi connectivity index (χ0v) is 13.8. The molecule has 1 N–H and O–H groups in total. The molecule has 1 atom stereocenters. The van der Waals surface area contributed by atoms with Crippen LogP contribution in [-0.2, 0) is 15.7 Å². The van der Waals surface area contributed by atoms with Crippen LogP contribution >= 0.6 is 22.9 Å². The highest BCUT2D eigenvalue weighted by molar-refractivity contribution is 7.17. The Kier molecular flexibility index (Phi) is 5.51. The largest absolute Gasteiger partial charge is 0.448 e. The zero-order chi connectivity index (χ0) is 17.9. The molecule has 0 saturated carbocycles. The summed E-state index contributed by atoms with van der Waals surface area (Å²) in [6.45, 7) is 1.32. The first-order valence-corrected chi connectivity index (χ1v) is 7.80. The van der Waals surface area contributed by atoms with Crippen molar-refractivity contribution in [1.29, 1.82) is 0 Å². The van der Waals surface area contributed by atoms with Gasteiger partial charge in [0.05, 0.1) is 9.90 Å². The van der Waals surface area contributed by atoms with Crippen LogP contribution in [0.1, 0.15) is 22.2 Å². The summed E-state index contributed by atoms with van der Waals surface area (Å²) in [5, 5.41) is 2.28. The van der Waals surface area contributed by atoms with Gasteiger partial charge in [0.15, 0.2) is 6.10 Å². The molecular formula is C15H11ClF3NO3S. The fourth-order valence-corrected chi connectivity index (χ4v) is 2.64. The summed E-state index contributed by atoms with van der Waals surface area (Å²) in [5.41, 5.74) is -0.935. The first-order valence-electron chi connectivity index (χ1n) is 6.61. The Bertz CT molecular complexity index is 760. The van der Waals surface area contributed by atoms with Crippen molar-refractivity contribution < 1.29 is 27.5 Å². The van der Waals surface area contributed by atoms with Gasteiger partial charge in [0, 0.05) is 5.69 Å². The van der Waals surface area contributed by atoms with Crippen LogP contribution in [-0.4, -0.2) is 18.0 Å². The van der Waals surface area contributed by atoms with Gasteiger partial charge in [-0.2, -0.15) is 13.2 Å². The molecular weight excluding hydrogens is 367 g/mol. The third-order valence-electron chi connectivity index (χ3n) is 2.88. The lowest BCUT2D eigenvalue weighted by molar-refractivity contribution is -0.137. The molecule has 0 aliphatic heterocycles. The Morgan fingerprint density at radius 3 is 2.54 bits per heavy atom. The van der Waals surface area contributed by atoms with Gasteiger partial charge in [0.1, 0.15) is 4.88 Å². The van der Waals surface area contributed by atoms with Crippen LogP contribution in [0.2, 0.25) is 4.34 Å². The Morgan fingerprint density at radius 1 is 1.25 bits per heavy atom. The van der Waals surface area contributed by atoms with Crippen molar-refractivity contribution in [3.05, 3.63) is 51.2 Å². The summed E-state index contributed by atoms with van der Waals surface area (Å²) in [6, 6.07) is 7.12. The van der Waals surface area contributed by atoms with Gasteiger partial charge in [-0.25, -0.2) is 4.79 Å². The van der Waals surface area contributed by atoms with Crippen molar-refractivity contribution in [1.82, 2.24) is 0 Å². The Morgan fingerprint density at radius 2 is 1.96 bits per heavy atom. The highest BCUT2D eigenvalue weighted by Crippen LogP contribution is 2.30. The standard InChI is InChI=1S/C15H11ClF3NO3S/c1-8(23-14(22)11-5-6-12(16)24-11)13(21)20-10-4-2-3-9(7-10)15(17,18)19/h2-8H,1H3,(H,20,21). The lowest BCUT2D eigenvalue weighted by atomic mass is 10.2. The molecule has 2 aromatic rings. The molecule has 4 nitrogen and oxygen atoms in total. The Labute approximate surface area is 144 Å². The number of carbonyl (C=O) groups excluding carboxylic acids is 2. The minimum absolute atomic E-state index is 0.0445. The Hall–Kier alpha value is -2.06. The van der Waals surface area contributed by atoms with Crippen molar-refractivity contribution in [3.8, 4) is 0 Å². The van der Waals surface area contributed by atoms with E-state index in [1.165, 1.54) is 31.2 Å². The van der Waals surface area contributed by atoms with E-state index in [0.717, 1.165) is 23.5 Å². The highest BCUT2D eigenvalue weighted by Gasteiger charge is 2.30. The molecule has 1 aromatic carbocycles. The minimum atomic E-state index is -4.52. The number of carbonyl (C=O) groups is 2. The summed E-state index contributed by atoms with van der Waals surface area (Å²) in [6.07, 6.45) is -5.70. The van der Waals surface area contributed by atoms with Gasteiger partial charge < -0.3 is 10.1 Å². The van der Waals surface area contributed by atoms with Crippen LogP contribution in [0.5, 0.6) is 0 Å². The second kappa shape index (κ2) is 7.23. The van der Waals surface area contributed by atoms with Gasteiger partial charge in [-0.15, -0.1) is 11.3 Å². The summed E-state index contributed by atoms with van der Waals surface area (Å²) in [7, 11) is 0. The van der Waals surface area contributed by atoms with E-state index in [0.29, 0.717) is 4.34 Å². The number of nitrogens with one attached hydrogen (secondary N) is 1. The molecule has 128 valence electrons. The van der Waals surface area contributed by atoms with Crippen molar-refractivity contribution in [3.63, 3.8) is 0 Å². The fraction of sp³-hybridized carbons (Fsp3) is 0.200. The molecule has 0 aliphatic carbocycles. The predicted molar refractivity (Wildman–Crippen MR) is 84.3 cm³/mol. The molecule has 0 saturated heterocycles. The SMILES string of the molecule is CC(OC(=O)c1ccc(Cl)s1)C(=O)Nc1cccc(C(F)(F)F)c1. The monoisotopic (exact) mass is 377 g/mol. The number of esters is 1. The minimum Gasteiger partial charge on any atom is -0.448 e. The molecule has 2 rings (SSSR count). The number of hydrogen-bond donors (Lipinski definition) is 1. The number of rotatable bonds is 4. The lowest BCUT2D eigenvalue weighted by Crippen LogP contribution is -2.29. The number of ether oxygens (including phenoxy) is 1. The van der Waals surface area contributed by atoms with Gasteiger partial charge in [-0.3, -0.25) is 4.79 Å². The number of anilines is 1. The quantitative estimate of drug-likeness (QED) is 0.792. The van der Waals surface area contributed by atoms with Crippen molar-refractivity contribution in [2.24, 2.45) is 0 Å². The van der Waals surface area contributed by atoms with Crippen LogP contribution in [0, 0.1) is 0 Å².